The van der Waals surface area contributed by atoms with E-state index in [-0.39, 0.29) is 24.0 Å². The number of nitrogens with one attached hydrogen (secondary N) is 2. The van der Waals surface area contributed by atoms with Gasteiger partial charge < -0.3 is 16.0 Å². The fraction of sp³-hybridized carbons (Fsp3) is 0.400. The summed E-state index contributed by atoms with van der Waals surface area (Å²) in [6, 6.07) is 3.96. The normalized spacial score (nSPS) is 10.8. The second kappa shape index (κ2) is 8.16. The lowest BCUT2D eigenvalue weighted by Gasteiger charge is -2.10. The van der Waals surface area contributed by atoms with Crippen molar-refractivity contribution in [3.8, 4) is 0 Å². The predicted molar refractivity (Wildman–Crippen MR) is 90.5 cm³/mol. The van der Waals surface area contributed by atoms with Gasteiger partial charge in [0.2, 0.25) is 0 Å². The Hall–Kier alpha value is -2.81. The van der Waals surface area contributed by atoms with Crippen LogP contribution in [0.4, 0.5) is 11.6 Å². The summed E-state index contributed by atoms with van der Waals surface area (Å²) in [6.07, 6.45) is 2.64. The molecule has 0 bridgehead atoms. The Morgan fingerprint density at radius 3 is 2.96 bits per heavy atom. The molecule has 0 saturated carbocycles. The van der Waals surface area contributed by atoms with E-state index in [9.17, 15) is 9.59 Å². The minimum absolute atomic E-state index is 0.0275. The highest BCUT2D eigenvalue weighted by atomic mass is 16.1. The molecule has 2 aromatic heterocycles. The number of H-pyrrole nitrogens is 1. The van der Waals surface area contributed by atoms with E-state index in [2.05, 4.69) is 30.4 Å². The van der Waals surface area contributed by atoms with Crippen molar-refractivity contribution < 1.29 is 4.79 Å². The fourth-order valence-corrected chi connectivity index (χ4v) is 2.14. The van der Waals surface area contributed by atoms with Crippen LogP contribution in [0, 0.1) is 0 Å². The number of hydrogen-bond donors (Lipinski definition) is 3. The fourth-order valence-electron chi connectivity index (χ4n) is 2.14. The van der Waals surface area contributed by atoms with Gasteiger partial charge in [0.15, 0.2) is 17.4 Å². The van der Waals surface area contributed by atoms with E-state index in [1.807, 2.05) is 26.2 Å². The van der Waals surface area contributed by atoms with Crippen LogP contribution in [0.15, 0.2) is 23.1 Å². The summed E-state index contributed by atoms with van der Waals surface area (Å²) in [5.41, 5.74) is 6.97. The first kappa shape index (κ1) is 17.5. The third-order valence-electron chi connectivity index (χ3n) is 3.22. The number of aromatic nitrogens is 4. The minimum Gasteiger partial charge on any atom is -0.379 e. The smallest absolute Gasteiger partial charge is 0.363 e. The summed E-state index contributed by atoms with van der Waals surface area (Å²) in [6.45, 7) is 0.852. The van der Waals surface area contributed by atoms with Crippen molar-refractivity contribution in [1.29, 1.82) is 0 Å². The van der Waals surface area contributed by atoms with Gasteiger partial charge in [-0.05, 0) is 38.2 Å². The quantitative estimate of drug-likeness (QED) is 0.607. The number of nitrogen functional groups attached to an aromatic ring is 1. The van der Waals surface area contributed by atoms with Crippen molar-refractivity contribution in [2.24, 2.45) is 0 Å². The van der Waals surface area contributed by atoms with Crippen LogP contribution in [0.5, 0.6) is 0 Å². The number of aryl methyl sites for hydroxylation is 1. The highest BCUT2D eigenvalue weighted by Crippen LogP contribution is 2.08. The average molecular weight is 331 g/mol. The molecule has 0 aliphatic carbocycles. The standard InChI is InChI=1S/C15H21N7O2/c1-22(2)9-10-5-6-17-11(7-10)3-4-12(23)8-18-14-13(16)20-21-15(24)19-14/h5-7H,3-4,8-9H2,1-2H3,(H2,16,20)(H2,18,19,21,24). The number of aromatic amines is 1. The first-order valence-corrected chi connectivity index (χ1v) is 7.50. The van der Waals surface area contributed by atoms with Gasteiger partial charge in [0.25, 0.3) is 0 Å². The van der Waals surface area contributed by atoms with Gasteiger partial charge in [-0.1, -0.05) is 0 Å². The first-order chi connectivity index (χ1) is 11.4. The maximum atomic E-state index is 12.0. The topological polar surface area (TPSA) is 130 Å². The number of ketones is 1. The molecule has 4 N–H and O–H groups in total. The molecule has 0 radical (unpaired) electrons. The molecule has 9 heteroatoms. The third-order valence-corrected chi connectivity index (χ3v) is 3.22. The summed E-state index contributed by atoms with van der Waals surface area (Å²) in [7, 11) is 4.00. The molecule has 24 heavy (non-hydrogen) atoms. The molecule has 9 nitrogen and oxygen atoms in total. The molecule has 0 saturated heterocycles. The van der Waals surface area contributed by atoms with Crippen molar-refractivity contribution in [3.05, 3.63) is 40.1 Å². The van der Waals surface area contributed by atoms with E-state index in [0.29, 0.717) is 12.8 Å². The molecular weight excluding hydrogens is 310 g/mol. The number of carbonyl (C=O) groups is 1. The lowest BCUT2D eigenvalue weighted by Crippen LogP contribution is -2.21. The van der Waals surface area contributed by atoms with Crippen LogP contribution in [-0.4, -0.2) is 51.5 Å². The first-order valence-electron chi connectivity index (χ1n) is 7.50. The molecule has 0 fully saturated rings. The summed E-state index contributed by atoms with van der Waals surface area (Å²) in [5.74, 6) is 0.120. The van der Waals surface area contributed by atoms with Gasteiger partial charge in [0.1, 0.15) is 0 Å². The third kappa shape index (κ3) is 5.43. The number of anilines is 2. The molecule has 0 aliphatic rings. The van der Waals surface area contributed by atoms with Crippen LogP contribution in [0.3, 0.4) is 0 Å². The van der Waals surface area contributed by atoms with Crippen LogP contribution in [0.1, 0.15) is 17.7 Å². The largest absolute Gasteiger partial charge is 0.379 e. The summed E-state index contributed by atoms with van der Waals surface area (Å²) >= 11 is 0. The summed E-state index contributed by atoms with van der Waals surface area (Å²) < 4.78 is 0. The van der Waals surface area contributed by atoms with Gasteiger partial charge >= 0.3 is 5.69 Å². The number of hydrogen-bond acceptors (Lipinski definition) is 8. The molecule has 0 amide bonds. The monoisotopic (exact) mass is 331 g/mol. The highest BCUT2D eigenvalue weighted by molar-refractivity contribution is 5.83. The summed E-state index contributed by atoms with van der Waals surface area (Å²) in [4.78, 5) is 33.0. The Morgan fingerprint density at radius 1 is 1.42 bits per heavy atom. The van der Waals surface area contributed by atoms with Crippen LogP contribution < -0.4 is 16.7 Å². The molecule has 2 rings (SSSR count). The average Bonchev–Trinajstić information content (AvgIpc) is 2.53. The number of pyridine rings is 1. The number of nitrogens with two attached hydrogens (primary N) is 1. The molecule has 0 spiro atoms. The molecule has 128 valence electrons. The van der Waals surface area contributed by atoms with Crippen LogP contribution in [0.2, 0.25) is 0 Å². The van der Waals surface area contributed by atoms with E-state index in [0.717, 1.165) is 17.8 Å². The van der Waals surface area contributed by atoms with Crippen LogP contribution >= 0.6 is 0 Å². The molecule has 0 unspecified atom stereocenters. The Labute approximate surface area is 139 Å². The minimum atomic E-state index is -0.624. The lowest BCUT2D eigenvalue weighted by molar-refractivity contribution is -0.117. The van der Waals surface area contributed by atoms with E-state index < -0.39 is 5.69 Å². The van der Waals surface area contributed by atoms with Gasteiger partial charge in [0.05, 0.1) is 6.54 Å². The highest BCUT2D eigenvalue weighted by Gasteiger charge is 2.08. The second-order valence-electron chi connectivity index (χ2n) is 5.66. The molecular formula is C15H21N7O2. The van der Waals surface area contributed by atoms with Gasteiger partial charge in [-0.3, -0.25) is 9.78 Å². The molecule has 0 aromatic carbocycles. The summed E-state index contributed by atoms with van der Waals surface area (Å²) in [5, 5.41) is 8.42. The van der Waals surface area contributed by atoms with Crippen LogP contribution in [-0.2, 0) is 17.8 Å². The maximum absolute atomic E-state index is 12.0. The zero-order valence-corrected chi connectivity index (χ0v) is 13.7. The van der Waals surface area contributed by atoms with Crippen LogP contribution in [0.25, 0.3) is 0 Å². The zero-order chi connectivity index (χ0) is 17.5. The Morgan fingerprint density at radius 2 is 2.21 bits per heavy atom. The van der Waals surface area contributed by atoms with Crippen molar-refractivity contribution >= 4 is 17.4 Å². The second-order valence-corrected chi connectivity index (χ2v) is 5.66. The molecule has 0 aliphatic heterocycles. The number of carbonyl (C=O) groups excluding carboxylic acids is 1. The number of nitrogens with zero attached hydrogens (tertiary/aromatic N) is 4. The number of rotatable bonds is 8. The number of Topliss-reactive ketones (excluding diaryl/α,β-unsaturated/α-hetero) is 1. The van der Waals surface area contributed by atoms with Gasteiger partial charge in [0, 0.05) is 24.9 Å². The van der Waals surface area contributed by atoms with Gasteiger partial charge in [-0.15, -0.1) is 5.10 Å². The van der Waals surface area contributed by atoms with Crippen molar-refractivity contribution in [2.75, 3.05) is 31.7 Å². The van der Waals surface area contributed by atoms with E-state index in [1.165, 1.54) is 0 Å². The van der Waals surface area contributed by atoms with Gasteiger partial charge in [-0.2, -0.15) is 4.98 Å². The van der Waals surface area contributed by atoms with E-state index in [1.54, 1.807) is 6.20 Å². The SMILES string of the molecule is CN(C)Cc1ccnc(CCC(=O)CNc2nc(=O)[nH]nc2N)c1. The zero-order valence-electron chi connectivity index (χ0n) is 13.7. The molecule has 2 heterocycles. The van der Waals surface area contributed by atoms with E-state index >= 15 is 0 Å². The van der Waals surface area contributed by atoms with Crippen molar-refractivity contribution in [1.82, 2.24) is 25.1 Å². The Balaban J connectivity index is 1.85. The molecule has 2 aromatic rings. The lowest BCUT2D eigenvalue weighted by atomic mass is 10.1. The Kier molecular flexibility index (Phi) is 5.96. The maximum Gasteiger partial charge on any atom is 0.363 e. The van der Waals surface area contributed by atoms with Gasteiger partial charge in [-0.25, -0.2) is 9.89 Å². The van der Waals surface area contributed by atoms with E-state index in [4.69, 9.17) is 5.73 Å². The Bertz CT molecular complexity index is 757. The van der Waals surface area contributed by atoms with Crippen molar-refractivity contribution in [2.45, 2.75) is 19.4 Å². The molecule has 0 atom stereocenters. The predicted octanol–water partition coefficient (Wildman–Crippen LogP) is -0.182. The van der Waals surface area contributed by atoms with Crippen molar-refractivity contribution in [3.63, 3.8) is 0 Å².